The summed E-state index contributed by atoms with van der Waals surface area (Å²) in [7, 11) is 0. The van der Waals surface area contributed by atoms with Crippen LogP contribution in [0.25, 0.3) is 0 Å². The standard InChI is InChI=1S/C13H12F3N3O3/c1-6(11-18-12(19-22-11)13(14,15)16)17-10(20)8-4-5-21-9(8)7-2-3-7/h4-7H,2-3H2,1H3,(H,17,20). The van der Waals surface area contributed by atoms with E-state index in [-0.39, 0.29) is 11.8 Å². The first-order valence-corrected chi connectivity index (χ1v) is 6.65. The fourth-order valence-corrected chi connectivity index (χ4v) is 2.03. The third kappa shape index (κ3) is 2.83. The molecule has 22 heavy (non-hydrogen) atoms. The predicted molar refractivity (Wildman–Crippen MR) is 65.9 cm³/mol. The number of aromatic nitrogens is 2. The quantitative estimate of drug-likeness (QED) is 0.938. The minimum Gasteiger partial charge on any atom is -0.468 e. The summed E-state index contributed by atoms with van der Waals surface area (Å²) in [6, 6.07) is 0.683. The maximum absolute atomic E-state index is 12.4. The molecule has 0 spiro atoms. The fraction of sp³-hybridized carbons (Fsp3) is 0.462. The SMILES string of the molecule is CC(NC(=O)c1ccoc1C1CC1)c1nc(C(F)(F)F)no1. The van der Waals surface area contributed by atoms with Crippen LogP contribution in [-0.4, -0.2) is 16.0 Å². The van der Waals surface area contributed by atoms with Gasteiger partial charge in [0.1, 0.15) is 11.8 Å². The van der Waals surface area contributed by atoms with Crippen LogP contribution < -0.4 is 5.32 Å². The van der Waals surface area contributed by atoms with Crippen LogP contribution in [-0.2, 0) is 6.18 Å². The van der Waals surface area contributed by atoms with Crippen molar-refractivity contribution >= 4 is 5.91 Å². The van der Waals surface area contributed by atoms with Crippen LogP contribution in [0.2, 0.25) is 0 Å². The van der Waals surface area contributed by atoms with Gasteiger partial charge in [-0.1, -0.05) is 5.16 Å². The predicted octanol–water partition coefficient (Wildman–Crippen LogP) is 3.05. The van der Waals surface area contributed by atoms with Crippen LogP contribution in [0.15, 0.2) is 21.3 Å². The zero-order chi connectivity index (χ0) is 15.9. The van der Waals surface area contributed by atoms with E-state index in [1.807, 2.05) is 0 Å². The number of furan rings is 1. The van der Waals surface area contributed by atoms with Gasteiger partial charge >= 0.3 is 6.18 Å². The summed E-state index contributed by atoms with van der Waals surface area (Å²) in [6.07, 6.45) is -1.35. The molecule has 0 aromatic carbocycles. The lowest BCUT2D eigenvalue weighted by Crippen LogP contribution is -2.27. The van der Waals surface area contributed by atoms with E-state index >= 15 is 0 Å². The average molecular weight is 315 g/mol. The highest BCUT2D eigenvalue weighted by molar-refractivity contribution is 5.95. The second-order valence-electron chi connectivity index (χ2n) is 5.12. The van der Waals surface area contributed by atoms with E-state index < -0.39 is 23.9 Å². The van der Waals surface area contributed by atoms with Crippen molar-refractivity contribution in [3.8, 4) is 0 Å². The van der Waals surface area contributed by atoms with Gasteiger partial charge in [-0.05, 0) is 25.8 Å². The van der Waals surface area contributed by atoms with Gasteiger partial charge in [0.05, 0.1) is 11.8 Å². The molecule has 2 heterocycles. The summed E-state index contributed by atoms with van der Waals surface area (Å²) in [5.74, 6) is -1.28. The Morgan fingerprint density at radius 3 is 2.77 bits per heavy atom. The molecule has 2 aromatic heterocycles. The maximum Gasteiger partial charge on any atom is 0.455 e. The monoisotopic (exact) mass is 315 g/mol. The lowest BCUT2D eigenvalue weighted by Gasteiger charge is -2.09. The number of nitrogens with zero attached hydrogens (tertiary/aromatic N) is 2. The van der Waals surface area contributed by atoms with Crippen LogP contribution in [0, 0.1) is 0 Å². The van der Waals surface area contributed by atoms with E-state index in [1.165, 1.54) is 19.3 Å². The Kier molecular flexibility index (Phi) is 3.42. The van der Waals surface area contributed by atoms with Gasteiger partial charge in [-0.3, -0.25) is 4.79 Å². The van der Waals surface area contributed by atoms with Crippen molar-refractivity contribution in [3.05, 3.63) is 35.4 Å². The first kappa shape index (κ1) is 14.6. The highest BCUT2D eigenvalue weighted by atomic mass is 19.4. The van der Waals surface area contributed by atoms with Crippen molar-refractivity contribution in [2.75, 3.05) is 0 Å². The molecule has 0 saturated heterocycles. The van der Waals surface area contributed by atoms with Gasteiger partial charge < -0.3 is 14.3 Å². The molecule has 1 aliphatic rings. The van der Waals surface area contributed by atoms with Crippen molar-refractivity contribution in [1.82, 2.24) is 15.5 Å². The van der Waals surface area contributed by atoms with E-state index in [9.17, 15) is 18.0 Å². The van der Waals surface area contributed by atoms with Gasteiger partial charge in [0.25, 0.3) is 11.7 Å². The number of amides is 1. The Morgan fingerprint density at radius 2 is 2.18 bits per heavy atom. The molecule has 1 fully saturated rings. The highest BCUT2D eigenvalue weighted by Crippen LogP contribution is 2.42. The number of nitrogens with one attached hydrogen (secondary N) is 1. The molecule has 6 nitrogen and oxygen atoms in total. The summed E-state index contributed by atoms with van der Waals surface area (Å²) in [4.78, 5) is 15.4. The van der Waals surface area contributed by atoms with E-state index in [0.717, 1.165) is 12.8 Å². The molecular formula is C13H12F3N3O3. The highest BCUT2D eigenvalue weighted by Gasteiger charge is 2.38. The first-order valence-electron chi connectivity index (χ1n) is 6.65. The summed E-state index contributed by atoms with van der Waals surface area (Å²) in [5, 5.41) is 5.38. The Morgan fingerprint density at radius 1 is 1.45 bits per heavy atom. The molecule has 0 aliphatic heterocycles. The van der Waals surface area contributed by atoms with Crippen LogP contribution in [0.5, 0.6) is 0 Å². The lowest BCUT2D eigenvalue weighted by molar-refractivity contribution is -0.146. The van der Waals surface area contributed by atoms with Gasteiger partial charge in [0.15, 0.2) is 0 Å². The smallest absolute Gasteiger partial charge is 0.455 e. The largest absolute Gasteiger partial charge is 0.468 e. The zero-order valence-corrected chi connectivity index (χ0v) is 11.5. The van der Waals surface area contributed by atoms with Crippen molar-refractivity contribution in [2.24, 2.45) is 0 Å². The Balaban J connectivity index is 1.71. The number of carbonyl (C=O) groups is 1. The summed E-state index contributed by atoms with van der Waals surface area (Å²) in [6.45, 7) is 1.46. The van der Waals surface area contributed by atoms with Crippen LogP contribution in [0.1, 0.15) is 59.6 Å². The molecule has 9 heteroatoms. The fourth-order valence-electron chi connectivity index (χ4n) is 2.03. The summed E-state index contributed by atoms with van der Waals surface area (Å²) < 4.78 is 47.1. The van der Waals surface area contributed by atoms with Gasteiger partial charge in [-0.2, -0.15) is 18.2 Å². The Hall–Kier alpha value is -2.32. The molecule has 3 rings (SSSR count). The maximum atomic E-state index is 12.4. The van der Waals surface area contributed by atoms with Gasteiger partial charge in [0, 0.05) is 5.92 Å². The third-order valence-electron chi connectivity index (χ3n) is 3.30. The Bertz CT molecular complexity index is 688. The normalized spacial score (nSPS) is 16.5. The van der Waals surface area contributed by atoms with E-state index in [0.29, 0.717) is 11.3 Å². The lowest BCUT2D eigenvalue weighted by atomic mass is 10.1. The van der Waals surface area contributed by atoms with Crippen molar-refractivity contribution in [1.29, 1.82) is 0 Å². The zero-order valence-electron chi connectivity index (χ0n) is 11.5. The Labute approximate surface area is 122 Å². The van der Waals surface area contributed by atoms with Crippen molar-refractivity contribution in [3.63, 3.8) is 0 Å². The van der Waals surface area contributed by atoms with Crippen LogP contribution in [0.3, 0.4) is 0 Å². The minimum atomic E-state index is -4.69. The molecule has 1 atom stereocenters. The van der Waals surface area contributed by atoms with Gasteiger partial charge in [-0.15, -0.1) is 0 Å². The van der Waals surface area contributed by atoms with E-state index in [4.69, 9.17) is 4.42 Å². The molecule has 1 N–H and O–H groups in total. The third-order valence-corrected chi connectivity index (χ3v) is 3.30. The molecule has 0 bridgehead atoms. The topological polar surface area (TPSA) is 81.2 Å². The number of rotatable bonds is 4. The molecular weight excluding hydrogens is 303 g/mol. The van der Waals surface area contributed by atoms with Gasteiger partial charge in [-0.25, -0.2) is 0 Å². The molecule has 2 aromatic rings. The van der Waals surface area contributed by atoms with E-state index in [1.54, 1.807) is 0 Å². The molecule has 118 valence electrons. The minimum absolute atomic E-state index is 0.242. The average Bonchev–Trinajstić information content (AvgIpc) is 2.98. The molecule has 1 aliphatic carbocycles. The second kappa shape index (κ2) is 5.15. The number of halogens is 3. The molecule has 1 amide bonds. The number of alkyl halides is 3. The van der Waals surface area contributed by atoms with Gasteiger partial charge in [0.2, 0.25) is 5.89 Å². The van der Waals surface area contributed by atoms with Crippen LogP contribution >= 0.6 is 0 Å². The molecule has 0 radical (unpaired) electrons. The van der Waals surface area contributed by atoms with Crippen molar-refractivity contribution in [2.45, 2.75) is 37.9 Å². The molecule has 1 unspecified atom stereocenters. The number of hydrogen-bond acceptors (Lipinski definition) is 5. The van der Waals surface area contributed by atoms with Crippen molar-refractivity contribution < 1.29 is 26.9 Å². The molecule has 1 saturated carbocycles. The summed E-state index contributed by atoms with van der Waals surface area (Å²) >= 11 is 0. The summed E-state index contributed by atoms with van der Waals surface area (Å²) in [5.41, 5.74) is 0.380. The number of carbonyl (C=O) groups excluding carboxylic acids is 1. The van der Waals surface area contributed by atoms with E-state index in [2.05, 4.69) is 20.0 Å². The second-order valence-corrected chi connectivity index (χ2v) is 5.12. The van der Waals surface area contributed by atoms with Crippen LogP contribution in [0.4, 0.5) is 13.2 Å². The first-order chi connectivity index (χ1) is 10.4. The number of hydrogen-bond donors (Lipinski definition) is 1.